The van der Waals surface area contributed by atoms with Crippen molar-refractivity contribution in [2.45, 2.75) is 6.92 Å². The highest BCUT2D eigenvalue weighted by molar-refractivity contribution is 6.01. The van der Waals surface area contributed by atoms with Gasteiger partial charge in [0, 0.05) is 12.4 Å². The Hall–Kier alpha value is -3.22. The SMILES string of the molecule is Cc1cn(/C(=N\O)c2cccnc2Oc2ccc(F)cc2)cn1. The summed E-state index contributed by atoms with van der Waals surface area (Å²) in [5.74, 6) is 0.518. The predicted molar refractivity (Wildman–Crippen MR) is 81.4 cm³/mol. The van der Waals surface area contributed by atoms with Gasteiger partial charge in [0.05, 0.1) is 11.3 Å². The van der Waals surface area contributed by atoms with Crippen LogP contribution < -0.4 is 4.74 Å². The van der Waals surface area contributed by atoms with E-state index in [1.165, 1.54) is 30.6 Å². The van der Waals surface area contributed by atoms with Crippen LogP contribution in [-0.2, 0) is 0 Å². The van der Waals surface area contributed by atoms with Crippen molar-refractivity contribution >= 4 is 5.84 Å². The summed E-state index contributed by atoms with van der Waals surface area (Å²) < 4.78 is 20.2. The van der Waals surface area contributed by atoms with E-state index in [0.29, 0.717) is 11.3 Å². The topological polar surface area (TPSA) is 72.5 Å². The Morgan fingerprint density at radius 3 is 2.65 bits per heavy atom. The molecule has 0 radical (unpaired) electrons. The number of hydrogen-bond acceptors (Lipinski definition) is 5. The van der Waals surface area contributed by atoms with E-state index in [1.807, 2.05) is 6.92 Å². The summed E-state index contributed by atoms with van der Waals surface area (Å²) in [6.07, 6.45) is 4.79. The summed E-state index contributed by atoms with van der Waals surface area (Å²) in [5, 5.41) is 12.7. The Balaban J connectivity index is 1.98. The van der Waals surface area contributed by atoms with Crippen LogP contribution in [0.4, 0.5) is 4.39 Å². The van der Waals surface area contributed by atoms with Crippen LogP contribution in [0.5, 0.6) is 11.6 Å². The molecule has 7 heteroatoms. The number of aromatic nitrogens is 3. The summed E-state index contributed by atoms with van der Waals surface area (Å²) in [6.45, 7) is 1.82. The van der Waals surface area contributed by atoms with Crippen molar-refractivity contribution in [3.8, 4) is 11.6 Å². The quantitative estimate of drug-likeness (QED) is 0.349. The van der Waals surface area contributed by atoms with Gasteiger partial charge < -0.3 is 9.94 Å². The Morgan fingerprint density at radius 2 is 2.00 bits per heavy atom. The molecule has 0 spiro atoms. The van der Waals surface area contributed by atoms with Gasteiger partial charge in [-0.3, -0.25) is 4.57 Å². The van der Waals surface area contributed by atoms with Gasteiger partial charge >= 0.3 is 0 Å². The largest absolute Gasteiger partial charge is 0.438 e. The number of hydrogen-bond donors (Lipinski definition) is 1. The van der Waals surface area contributed by atoms with E-state index in [0.717, 1.165) is 5.69 Å². The van der Waals surface area contributed by atoms with E-state index < -0.39 is 0 Å². The molecule has 0 atom stereocenters. The second-order valence-electron chi connectivity index (χ2n) is 4.76. The van der Waals surface area contributed by atoms with Crippen LogP contribution in [0, 0.1) is 12.7 Å². The molecule has 1 N–H and O–H groups in total. The van der Waals surface area contributed by atoms with Crippen molar-refractivity contribution in [1.29, 1.82) is 0 Å². The summed E-state index contributed by atoms with van der Waals surface area (Å²) in [5.41, 5.74) is 1.24. The smallest absolute Gasteiger partial charge is 0.230 e. The number of aryl methyl sites for hydroxylation is 1. The molecule has 2 heterocycles. The minimum Gasteiger partial charge on any atom is -0.438 e. The first-order chi connectivity index (χ1) is 11.2. The molecule has 0 saturated heterocycles. The van der Waals surface area contributed by atoms with Crippen LogP contribution >= 0.6 is 0 Å². The maximum atomic E-state index is 13.0. The third-order valence-electron chi connectivity index (χ3n) is 3.09. The molecule has 1 aromatic carbocycles. The van der Waals surface area contributed by atoms with Gasteiger partial charge in [-0.05, 0) is 43.3 Å². The molecule has 0 bridgehead atoms. The third kappa shape index (κ3) is 3.18. The van der Waals surface area contributed by atoms with Crippen LogP contribution in [0.3, 0.4) is 0 Å². The molecule has 0 fully saturated rings. The van der Waals surface area contributed by atoms with E-state index in [1.54, 1.807) is 29.1 Å². The van der Waals surface area contributed by atoms with Crippen molar-refractivity contribution in [3.63, 3.8) is 0 Å². The molecule has 0 amide bonds. The Bertz CT molecular complexity index is 843. The molecule has 116 valence electrons. The predicted octanol–water partition coefficient (Wildman–Crippen LogP) is 3.20. The van der Waals surface area contributed by atoms with Gasteiger partial charge in [0.1, 0.15) is 17.9 Å². The summed E-state index contributed by atoms with van der Waals surface area (Å²) in [4.78, 5) is 8.26. The van der Waals surface area contributed by atoms with Crippen LogP contribution in [0.2, 0.25) is 0 Å². The fourth-order valence-electron chi connectivity index (χ4n) is 2.04. The molecule has 6 nitrogen and oxygen atoms in total. The van der Waals surface area contributed by atoms with Crippen LogP contribution in [-0.4, -0.2) is 25.6 Å². The van der Waals surface area contributed by atoms with Crippen LogP contribution in [0.15, 0.2) is 60.3 Å². The summed E-state index contributed by atoms with van der Waals surface area (Å²) >= 11 is 0. The van der Waals surface area contributed by atoms with Gasteiger partial charge in [-0.25, -0.2) is 14.4 Å². The Labute approximate surface area is 131 Å². The average molecular weight is 312 g/mol. The van der Waals surface area contributed by atoms with E-state index in [4.69, 9.17) is 4.74 Å². The van der Waals surface area contributed by atoms with Crippen molar-refractivity contribution in [1.82, 2.24) is 14.5 Å². The lowest BCUT2D eigenvalue weighted by molar-refractivity contribution is 0.317. The summed E-state index contributed by atoms with van der Waals surface area (Å²) in [7, 11) is 0. The summed E-state index contributed by atoms with van der Waals surface area (Å²) in [6, 6.07) is 8.96. The molecule has 3 rings (SSSR count). The van der Waals surface area contributed by atoms with E-state index in [9.17, 15) is 9.60 Å². The zero-order chi connectivity index (χ0) is 16.2. The fraction of sp³-hybridized carbons (Fsp3) is 0.0625. The third-order valence-corrected chi connectivity index (χ3v) is 3.09. The maximum absolute atomic E-state index is 13.0. The van der Waals surface area contributed by atoms with Gasteiger partial charge in [0.25, 0.3) is 0 Å². The molecule has 0 aliphatic carbocycles. The minimum absolute atomic E-state index is 0.218. The number of rotatable bonds is 3. The van der Waals surface area contributed by atoms with E-state index >= 15 is 0 Å². The minimum atomic E-state index is -0.356. The highest BCUT2D eigenvalue weighted by atomic mass is 19.1. The van der Waals surface area contributed by atoms with Gasteiger partial charge in [0.2, 0.25) is 5.88 Å². The number of oxime groups is 1. The molecule has 0 saturated carbocycles. The highest BCUT2D eigenvalue weighted by Gasteiger charge is 2.15. The normalized spacial score (nSPS) is 11.5. The molecular weight excluding hydrogens is 299 g/mol. The van der Waals surface area contributed by atoms with E-state index in [2.05, 4.69) is 15.1 Å². The Morgan fingerprint density at radius 1 is 1.22 bits per heavy atom. The van der Waals surface area contributed by atoms with E-state index in [-0.39, 0.29) is 17.5 Å². The van der Waals surface area contributed by atoms with Crippen LogP contribution in [0.1, 0.15) is 11.3 Å². The number of imidazole rings is 1. The number of halogens is 1. The standard InChI is InChI=1S/C16H13FN4O2/c1-11-9-21(10-19-11)15(20-22)14-3-2-8-18-16(14)23-13-6-4-12(17)5-7-13/h2-10,22H,1H3/b20-15-. The monoisotopic (exact) mass is 312 g/mol. The van der Waals surface area contributed by atoms with Gasteiger partial charge in [-0.1, -0.05) is 5.16 Å². The zero-order valence-corrected chi connectivity index (χ0v) is 12.2. The lowest BCUT2D eigenvalue weighted by Gasteiger charge is -2.11. The lowest BCUT2D eigenvalue weighted by atomic mass is 10.2. The van der Waals surface area contributed by atoms with Crippen molar-refractivity contribution in [2.24, 2.45) is 5.16 Å². The van der Waals surface area contributed by atoms with Gasteiger partial charge in [-0.15, -0.1) is 0 Å². The molecule has 23 heavy (non-hydrogen) atoms. The number of ether oxygens (including phenoxy) is 1. The lowest BCUT2D eigenvalue weighted by Crippen LogP contribution is -2.13. The van der Waals surface area contributed by atoms with Crippen molar-refractivity contribution in [2.75, 3.05) is 0 Å². The average Bonchev–Trinajstić information content (AvgIpc) is 2.98. The number of nitrogens with zero attached hydrogens (tertiary/aromatic N) is 4. The first kappa shape index (κ1) is 14.7. The molecular formula is C16H13FN4O2. The number of pyridine rings is 1. The van der Waals surface area contributed by atoms with Crippen LogP contribution in [0.25, 0.3) is 0 Å². The highest BCUT2D eigenvalue weighted by Crippen LogP contribution is 2.24. The van der Waals surface area contributed by atoms with Crippen molar-refractivity contribution in [3.05, 3.63) is 72.2 Å². The zero-order valence-electron chi connectivity index (χ0n) is 12.2. The first-order valence-electron chi connectivity index (χ1n) is 6.79. The second-order valence-corrected chi connectivity index (χ2v) is 4.76. The molecule has 0 aliphatic heterocycles. The molecule has 0 aliphatic rings. The number of benzene rings is 1. The van der Waals surface area contributed by atoms with Gasteiger partial charge in [0.15, 0.2) is 5.84 Å². The van der Waals surface area contributed by atoms with Gasteiger partial charge in [-0.2, -0.15) is 0 Å². The van der Waals surface area contributed by atoms with Crippen molar-refractivity contribution < 1.29 is 14.3 Å². The first-order valence-corrected chi connectivity index (χ1v) is 6.79. The molecule has 2 aromatic heterocycles. The fourth-order valence-corrected chi connectivity index (χ4v) is 2.04. The Kier molecular flexibility index (Phi) is 4.01. The maximum Gasteiger partial charge on any atom is 0.230 e. The molecule has 0 unspecified atom stereocenters. The second kappa shape index (κ2) is 6.27. The molecule has 3 aromatic rings.